The lowest BCUT2D eigenvalue weighted by atomic mass is 10.1. The first-order valence-electron chi connectivity index (χ1n) is 3.59. The lowest BCUT2D eigenvalue weighted by Crippen LogP contribution is -2.22. The number of nitrogens with zero attached hydrogens (tertiary/aromatic N) is 1. The Morgan fingerprint density at radius 3 is 2.50 bits per heavy atom. The molecule has 0 atom stereocenters. The lowest BCUT2D eigenvalue weighted by molar-refractivity contribution is -0.0885. The maximum Gasteiger partial charge on any atom is 0.454 e. The Labute approximate surface area is 77.2 Å². The molecule has 0 aromatic carbocycles. The van der Waals surface area contributed by atoms with Gasteiger partial charge in [0, 0.05) is 11.8 Å². The van der Waals surface area contributed by atoms with Crippen LogP contribution in [-0.4, -0.2) is 22.1 Å². The van der Waals surface area contributed by atoms with E-state index in [0.29, 0.717) is 0 Å². The highest BCUT2D eigenvalue weighted by atomic mass is 19.4. The summed E-state index contributed by atoms with van der Waals surface area (Å²) in [5.41, 5.74) is -0.496. The van der Waals surface area contributed by atoms with Crippen LogP contribution in [0.15, 0.2) is 12.3 Å². The highest BCUT2D eigenvalue weighted by Gasteiger charge is 2.39. The molecule has 0 saturated carbocycles. The summed E-state index contributed by atoms with van der Waals surface area (Å²) >= 11 is 0. The number of carbonyl (C=O) groups excluding carboxylic acids is 1. The van der Waals surface area contributed by atoms with Crippen molar-refractivity contribution in [1.82, 2.24) is 4.98 Å². The van der Waals surface area contributed by atoms with Crippen LogP contribution in [0.2, 0.25) is 0 Å². The quantitative estimate of drug-likeness (QED) is 0.711. The molecule has 0 aliphatic carbocycles. The zero-order valence-corrected chi connectivity index (χ0v) is 7.09. The van der Waals surface area contributed by atoms with Gasteiger partial charge in [-0.25, -0.2) is 0 Å². The molecule has 0 spiro atoms. The number of alkyl halides is 3. The maximum atomic E-state index is 11.9. The molecule has 1 N–H and O–H groups in total. The SMILES string of the molecule is Cc1ncc(C(=O)C(F)(F)F)cc1O. The van der Waals surface area contributed by atoms with Crippen molar-refractivity contribution in [3.8, 4) is 5.75 Å². The predicted molar refractivity (Wildman–Crippen MR) is 41.0 cm³/mol. The second-order valence-electron chi connectivity index (χ2n) is 2.66. The minimum atomic E-state index is -4.94. The van der Waals surface area contributed by atoms with Crippen molar-refractivity contribution in [2.75, 3.05) is 0 Å². The van der Waals surface area contributed by atoms with Crippen LogP contribution in [0.1, 0.15) is 16.1 Å². The Balaban J connectivity index is 3.10. The third-order valence-corrected chi connectivity index (χ3v) is 1.58. The molecule has 3 nitrogen and oxygen atoms in total. The van der Waals surface area contributed by atoms with Crippen LogP contribution in [-0.2, 0) is 0 Å². The van der Waals surface area contributed by atoms with Gasteiger partial charge in [-0.15, -0.1) is 0 Å². The first-order valence-corrected chi connectivity index (χ1v) is 3.59. The second-order valence-corrected chi connectivity index (χ2v) is 2.66. The molecule has 0 bridgehead atoms. The van der Waals surface area contributed by atoms with Gasteiger partial charge in [-0.2, -0.15) is 13.2 Å². The van der Waals surface area contributed by atoms with Gasteiger partial charge < -0.3 is 5.11 Å². The van der Waals surface area contributed by atoms with E-state index in [0.717, 1.165) is 12.3 Å². The van der Waals surface area contributed by atoms with Crippen molar-refractivity contribution >= 4 is 5.78 Å². The van der Waals surface area contributed by atoms with Crippen LogP contribution in [0.5, 0.6) is 5.75 Å². The number of hydrogen-bond donors (Lipinski definition) is 1. The van der Waals surface area contributed by atoms with Crippen molar-refractivity contribution < 1.29 is 23.1 Å². The number of Topliss-reactive ketones (excluding diaryl/α,β-unsaturated/α-hetero) is 1. The smallest absolute Gasteiger partial charge is 0.454 e. The van der Waals surface area contributed by atoms with Gasteiger partial charge in [0.15, 0.2) is 0 Å². The molecule has 0 aliphatic rings. The number of hydrogen-bond acceptors (Lipinski definition) is 3. The molecule has 1 aromatic heterocycles. The molecule has 14 heavy (non-hydrogen) atoms. The second kappa shape index (κ2) is 3.28. The highest BCUT2D eigenvalue weighted by Crippen LogP contribution is 2.23. The van der Waals surface area contributed by atoms with Gasteiger partial charge in [0.2, 0.25) is 0 Å². The van der Waals surface area contributed by atoms with Crippen LogP contribution >= 0.6 is 0 Å². The number of aryl methyl sites for hydroxylation is 1. The van der Waals surface area contributed by atoms with Crippen molar-refractivity contribution in [2.24, 2.45) is 0 Å². The minimum Gasteiger partial charge on any atom is -0.506 e. The number of aromatic nitrogens is 1. The lowest BCUT2D eigenvalue weighted by Gasteiger charge is -2.05. The van der Waals surface area contributed by atoms with E-state index in [9.17, 15) is 18.0 Å². The number of halogens is 3. The average Bonchev–Trinajstić information content (AvgIpc) is 2.07. The zero-order valence-electron chi connectivity index (χ0n) is 7.09. The van der Waals surface area contributed by atoms with Crippen LogP contribution in [0.3, 0.4) is 0 Å². The van der Waals surface area contributed by atoms with Gasteiger partial charge in [-0.3, -0.25) is 9.78 Å². The summed E-state index contributed by atoms with van der Waals surface area (Å²) in [5, 5.41) is 9.03. The normalized spacial score (nSPS) is 11.4. The Bertz CT molecular complexity index is 373. The minimum absolute atomic E-state index is 0.170. The van der Waals surface area contributed by atoms with Crippen molar-refractivity contribution in [3.05, 3.63) is 23.5 Å². The summed E-state index contributed by atoms with van der Waals surface area (Å²) < 4.78 is 35.7. The van der Waals surface area contributed by atoms with Crippen molar-refractivity contribution in [3.63, 3.8) is 0 Å². The highest BCUT2D eigenvalue weighted by molar-refractivity contribution is 6.00. The maximum absolute atomic E-state index is 11.9. The Morgan fingerprint density at radius 1 is 1.50 bits per heavy atom. The number of ketones is 1. The van der Waals surface area contributed by atoms with Gasteiger partial charge in [-0.05, 0) is 13.0 Å². The van der Waals surface area contributed by atoms with Gasteiger partial charge in [0.1, 0.15) is 5.75 Å². The van der Waals surface area contributed by atoms with Crippen molar-refractivity contribution in [1.29, 1.82) is 0 Å². The molecular formula is C8H6F3NO2. The number of rotatable bonds is 1. The summed E-state index contributed by atoms with van der Waals surface area (Å²) in [6.07, 6.45) is -4.16. The standard InChI is InChI=1S/C8H6F3NO2/c1-4-6(13)2-5(3-12-4)7(14)8(9,10)11/h2-3,13H,1H3. The molecule has 1 heterocycles. The molecule has 0 radical (unpaired) electrons. The van der Waals surface area contributed by atoms with E-state index in [1.54, 1.807) is 0 Å². The van der Waals surface area contributed by atoms with Gasteiger partial charge in [0.05, 0.1) is 5.69 Å². The summed E-state index contributed by atoms with van der Waals surface area (Å²) in [4.78, 5) is 14.1. The van der Waals surface area contributed by atoms with Crippen LogP contribution in [0.25, 0.3) is 0 Å². The summed E-state index contributed by atoms with van der Waals surface area (Å²) in [5.74, 6) is -2.44. The zero-order chi connectivity index (χ0) is 10.9. The monoisotopic (exact) mass is 205 g/mol. The Morgan fingerprint density at radius 2 is 2.07 bits per heavy atom. The predicted octanol–water partition coefficient (Wildman–Crippen LogP) is 1.84. The third kappa shape index (κ3) is 2.01. The molecule has 76 valence electrons. The number of carbonyl (C=O) groups is 1. The largest absolute Gasteiger partial charge is 0.506 e. The fraction of sp³-hybridized carbons (Fsp3) is 0.250. The average molecular weight is 205 g/mol. The van der Waals surface area contributed by atoms with Crippen LogP contribution in [0, 0.1) is 6.92 Å². The molecule has 0 fully saturated rings. The van der Waals surface area contributed by atoms with Gasteiger partial charge >= 0.3 is 6.18 Å². The molecule has 6 heteroatoms. The summed E-state index contributed by atoms with van der Waals surface area (Å²) in [6, 6.07) is 0.748. The van der Waals surface area contributed by atoms with E-state index < -0.39 is 23.3 Å². The van der Waals surface area contributed by atoms with E-state index in [4.69, 9.17) is 5.11 Å². The molecule has 0 aliphatic heterocycles. The first-order chi connectivity index (χ1) is 6.32. The summed E-state index contributed by atoms with van der Waals surface area (Å²) in [6.45, 7) is 1.41. The van der Waals surface area contributed by atoms with Gasteiger partial charge in [-0.1, -0.05) is 0 Å². The van der Waals surface area contributed by atoms with E-state index in [1.807, 2.05) is 0 Å². The third-order valence-electron chi connectivity index (χ3n) is 1.58. The Hall–Kier alpha value is -1.59. The molecule has 1 aromatic rings. The van der Waals surface area contributed by atoms with E-state index in [2.05, 4.69) is 4.98 Å². The Kier molecular flexibility index (Phi) is 2.46. The van der Waals surface area contributed by atoms with E-state index in [-0.39, 0.29) is 5.69 Å². The van der Waals surface area contributed by atoms with Crippen LogP contribution < -0.4 is 0 Å². The molecule has 0 saturated heterocycles. The molecule has 0 amide bonds. The van der Waals surface area contributed by atoms with Crippen molar-refractivity contribution in [2.45, 2.75) is 13.1 Å². The first kappa shape index (κ1) is 10.5. The van der Waals surface area contributed by atoms with E-state index >= 15 is 0 Å². The fourth-order valence-electron chi connectivity index (χ4n) is 0.809. The number of pyridine rings is 1. The molecule has 1 rings (SSSR count). The van der Waals surface area contributed by atoms with Crippen LogP contribution in [0.4, 0.5) is 13.2 Å². The summed E-state index contributed by atoms with van der Waals surface area (Å²) in [7, 11) is 0. The van der Waals surface area contributed by atoms with E-state index in [1.165, 1.54) is 6.92 Å². The number of aromatic hydroxyl groups is 1. The fourth-order valence-corrected chi connectivity index (χ4v) is 0.809. The van der Waals surface area contributed by atoms with Gasteiger partial charge in [0.25, 0.3) is 5.78 Å². The molecular weight excluding hydrogens is 199 g/mol. The topological polar surface area (TPSA) is 50.2 Å². The molecule has 0 unspecified atom stereocenters.